The van der Waals surface area contributed by atoms with Crippen LogP contribution in [0.3, 0.4) is 0 Å². The van der Waals surface area contributed by atoms with Crippen molar-refractivity contribution in [3.05, 3.63) is 94.0 Å². The molecule has 214 valence electrons. The first-order chi connectivity index (χ1) is 18.9. The largest absolute Gasteiger partial charge is 0.354 e. The molecule has 0 saturated carbocycles. The van der Waals surface area contributed by atoms with Crippen LogP contribution >= 0.6 is 23.2 Å². The van der Waals surface area contributed by atoms with Crippen LogP contribution < -0.4 is 9.62 Å². The molecule has 0 aromatic heterocycles. The number of nitrogens with zero attached hydrogens (tertiary/aromatic N) is 2. The normalized spacial score (nSPS) is 12.2. The van der Waals surface area contributed by atoms with E-state index < -0.39 is 28.5 Å². The van der Waals surface area contributed by atoms with Crippen LogP contribution in [0.2, 0.25) is 10.0 Å². The molecule has 0 aliphatic rings. The number of sulfonamides is 1. The van der Waals surface area contributed by atoms with Crippen molar-refractivity contribution in [1.82, 2.24) is 10.2 Å². The summed E-state index contributed by atoms with van der Waals surface area (Å²) in [4.78, 5) is 28.6. The minimum Gasteiger partial charge on any atom is -0.354 e. The number of nitrogens with one attached hydrogen (secondary N) is 1. The van der Waals surface area contributed by atoms with Gasteiger partial charge < -0.3 is 10.2 Å². The molecule has 3 aromatic rings. The van der Waals surface area contributed by atoms with Crippen molar-refractivity contribution in [2.24, 2.45) is 5.92 Å². The molecular formula is C30H35Cl2N3O4S. The summed E-state index contributed by atoms with van der Waals surface area (Å²) >= 11 is 12.3. The molecule has 0 radical (unpaired) electrons. The molecule has 0 aliphatic heterocycles. The van der Waals surface area contributed by atoms with Crippen LogP contribution in [0.4, 0.5) is 5.69 Å². The molecule has 0 fully saturated rings. The Hall–Kier alpha value is -3.07. The number of aryl methyl sites for hydroxylation is 1. The van der Waals surface area contributed by atoms with Gasteiger partial charge in [0.05, 0.1) is 20.6 Å². The summed E-state index contributed by atoms with van der Waals surface area (Å²) in [6.45, 7) is 7.46. The fourth-order valence-electron chi connectivity index (χ4n) is 4.16. The highest BCUT2D eigenvalue weighted by Gasteiger charge is 2.33. The second-order valence-corrected chi connectivity index (χ2v) is 12.6. The number of anilines is 1. The lowest BCUT2D eigenvalue weighted by atomic mass is 10.1. The first-order valence-electron chi connectivity index (χ1n) is 13.1. The number of hydrogen-bond acceptors (Lipinski definition) is 4. The summed E-state index contributed by atoms with van der Waals surface area (Å²) in [6.07, 6.45) is 0.562. The van der Waals surface area contributed by atoms with E-state index in [0.717, 1.165) is 9.87 Å². The number of amides is 2. The van der Waals surface area contributed by atoms with E-state index in [9.17, 15) is 18.0 Å². The topological polar surface area (TPSA) is 86.8 Å². The predicted octanol–water partition coefficient (Wildman–Crippen LogP) is 5.94. The van der Waals surface area contributed by atoms with Crippen molar-refractivity contribution in [2.45, 2.75) is 51.6 Å². The molecule has 0 bridgehead atoms. The molecule has 3 rings (SSSR count). The van der Waals surface area contributed by atoms with Gasteiger partial charge in [-0.05, 0) is 60.7 Å². The number of carbonyl (C=O) groups is 2. The van der Waals surface area contributed by atoms with Crippen LogP contribution in [-0.4, -0.2) is 44.3 Å². The fourth-order valence-corrected chi connectivity index (χ4v) is 5.95. The van der Waals surface area contributed by atoms with Crippen molar-refractivity contribution in [2.75, 3.05) is 17.4 Å². The maximum Gasteiger partial charge on any atom is 0.264 e. The van der Waals surface area contributed by atoms with E-state index in [2.05, 4.69) is 5.32 Å². The van der Waals surface area contributed by atoms with E-state index in [1.165, 1.54) is 17.0 Å². The highest BCUT2D eigenvalue weighted by molar-refractivity contribution is 7.92. The molecule has 1 N–H and O–H groups in total. The van der Waals surface area contributed by atoms with E-state index in [-0.39, 0.29) is 23.3 Å². The summed E-state index contributed by atoms with van der Waals surface area (Å²) < 4.78 is 29.0. The Labute approximate surface area is 247 Å². The molecule has 40 heavy (non-hydrogen) atoms. The molecule has 2 amide bonds. The Morgan fingerprint density at radius 2 is 1.55 bits per heavy atom. The quantitative estimate of drug-likeness (QED) is 0.277. The molecule has 0 aliphatic carbocycles. The smallest absolute Gasteiger partial charge is 0.264 e. The van der Waals surface area contributed by atoms with Crippen molar-refractivity contribution >= 4 is 50.7 Å². The Morgan fingerprint density at radius 3 is 2.17 bits per heavy atom. The maximum absolute atomic E-state index is 14.0. The van der Waals surface area contributed by atoms with Gasteiger partial charge in [0.15, 0.2) is 0 Å². The van der Waals surface area contributed by atoms with E-state index >= 15 is 0 Å². The van der Waals surface area contributed by atoms with Gasteiger partial charge in [0.1, 0.15) is 12.6 Å². The zero-order valence-corrected chi connectivity index (χ0v) is 25.4. The lowest BCUT2D eigenvalue weighted by molar-refractivity contribution is -0.139. The number of para-hydroxylation sites is 1. The first-order valence-corrected chi connectivity index (χ1v) is 15.3. The number of carbonyl (C=O) groups excluding carboxylic acids is 2. The summed E-state index contributed by atoms with van der Waals surface area (Å²) in [5, 5.41) is 3.55. The highest BCUT2D eigenvalue weighted by Crippen LogP contribution is 2.29. The fraction of sp³-hybridized carbons (Fsp3) is 0.333. The third-order valence-electron chi connectivity index (χ3n) is 6.44. The average molecular weight is 605 g/mol. The Bertz CT molecular complexity index is 1430. The molecule has 0 heterocycles. The summed E-state index contributed by atoms with van der Waals surface area (Å²) in [7, 11) is -4.12. The second kappa shape index (κ2) is 14.0. The molecule has 0 unspecified atom stereocenters. The Balaban J connectivity index is 2.05. The summed E-state index contributed by atoms with van der Waals surface area (Å²) in [5.41, 5.74) is 1.83. The average Bonchev–Trinajstić information content (AvgIpc) is 2.95. The Kier molecular flexibility index (Phi) is 11.0. The van der Waals surface area contributed by atoms with E-state index in [4.69, 9.17) is 23.2 Å². The van der Waals surface area contributed by atoms with Crippen LogP contribution in [0.15, 0.2) is 77.7 Å². The van der Waals surface area contributed by atoms with E-state index in [1.807, 2.05) is 32.9 Å². The van der Waals surface area contributed by atoms with Crippen molar-refractivity contribution < 1.29 is 18.0 Å². The molecule has 1 atom stereocenters. The maximum atomic E-state index is 14.0. The van der Waals surface area contributed by atoms with Crippen LogP contribution in [0.1, 0.15) is 38.8 Å². The predicted molar refractivity (Wildman–Crippen MR) is 161 cm³/mol. The van der Waals surface area contributed by atoms with Crippen molar-refractivity contribution in [1.29, 1.82) is 0 Å². The Morgan fingerprint density at radius 1 is 0.900 bits per heavy atom. The lowest BCUT2D eigenvalue weighted by Crippen LogP contribution is -2.51. The molecule has 7 nitrogen and oxygen atoms in total. The van der Waals surface area contributed by atoms with E-state index in [0.29, 0.717) is 34.3 Å². The highest BCUT2D eigenvalue weighted by atomic mass is 35.5. The molecule has 0 spiro atoms. The van der Waals surface area contributed by atoms with Crippen LogP contribution in [0, 0.1) is 5.92 Å². The molecular weight excluding hydrogens is 569 g/mol. The van der Waals surface area contributed by atoms with Gasteiger partial charge in [-0.15, -0.1) is 0 Å². The second-order valence-electron chi connectivity index (χ2n) is 9.89. The third kappa shape index (κ3) is 7.77. The minimum atomic E-state index is -4.12. The zero-order valence-electron chi connectivity index (χ0n) is 23.1. The summed E-state index contributed by atoms with van der Waals surface area (Å²) in [5.74, 6) is -0.662. The minimum absolute atomic E-state index is 0.0284. The van der Waals surface area contributed by atoms with Gasteiger partial charge in [-0.2, -0.15) is 0 Å². The lowest BCUT2D eigenvalue weighted by Gasteiger charge is -2.32. The van der Waals surface area contributed by atoms with Gasteiger partial charge in [0.2, 0.25) is 11.8 Å². The standard InChI is InChI=1S/C30H35Cl2N3O4S/c1-5-24-11-9-10-14-28(24)35(40(38,39)25-12-7-6-8-13-25)20-29(36)34(22(4)30(37)33-18-21(2)3)19-23-15-16-26(31)27(32)17-23/h6-17,21-22H,5,18-20H2,1-4H3,(H,33,37)/t22-/m0/s1. The monoisotopic (exact) mass is 603 g/mol. The number of benzene rings is 3. The van der Waals surface area contributed by atoms with Gasteiger partial charge in [-0.3, -0.25) is 13.9 Å². The molecule has 10 heteroatoms. The van der Waals surface area contributed by atoms with Gasteiger partial charge >= 0.3 is 0 Å². The van der Waals surface area contributed by atoms with Gasteiger partial charge in [0, 0.05) is 13.1 Å². The third-order valence-corrected chi connectivity index (χ3v) is 8.95. The number of halogens is 2. The number of rotatable bonds is 12. The SMILES string of the molecule is CCc1ccccc1N(CC(=O)N(Cc1ccc(Cl)c(Cl)c1)[C@@H](C)C(=O)NCC(C)C)S(=O)(=O)c1ccccc1. The zero-order chi connectivity index (χ0) is 29.4. The van der Waals surface area contributed by atoms with Crippen LogP contribution in [0.5, 0.6) is 0 Å². The van der Waals surface area contributed by atoms with Crippen LogP contribution in [0.25, 0.3) is 0 Å². The van der Waals surface area contributed by atoms with Gasteiger partial charge in [0.25, 0.3) is 10.0 Å². The van der Waals surface area contributed by atoms with Crippen molar-refractivity contribution in [3.63, 3.8) is 0 Å². The van der Waals surface area contributed by atoms with E-state index in [1.54, 1.807) is 55.5 Å². The van der Waals surface area contributed by atoms with Crippen LogP contribution in [-0.2, 0) is 32.6 Å². The summed E-state index contributed by atoms with van der Waals surface area (Å²) in [6, 6.07) is 19.2. The van der Waals surface area contributed by atoms with Gasteiger partial charge in [-0.1, -0.05) is 86.4 Å². The van der Waals surface area contributed by atoms with Crippen molar-refractivity contribution in [3.8, 4) is 0 Å². The molecule has 0 saturated heterocycles. The molecule has 3 aromatic carbocycles. The number of hydrogen-bond donors (Lipinski definition) is 1. The first kappa shape index (κ1) is 31.5. The van der Waals surface area contributed by atoms with Gasteiger partial charge in [-0.25, -0.2) is 8.42 Å².